The van der Waals surface area contributed by atoms with Gasteiger partial charge in [-0.05, 0) is 12.1 Å². The van der Waals surface area contributed by atoms with Crippen LogP contribution in [0.15, 0.2) is 54.6 Å². The number of fused-ring (bicyclic) bond motifs is 1. The summed E-state index contributed by atoms with van der Waals surface area (Å²) in [5, 5.41) is 9.96. The minimum Gasteiger partial charge on any atom is -0.228 e. The minimum atomic E-state index is 0.416. The lowest BCUT2D eigenvalue weighted by Gasteiger charge is -2.03. The lowest BCUT2D eigenvalue weighted by Crippen LogP contribution is -1.94. The summed E-state index contributed by atoms with van der Waals surface area (Å²) < 4.78 is 0. The van der Waals surface area contributed by atoms with E-state index in [1.54, 1.807) is 0 Å². The number of nitriles is 1. The van der Waals surface area contributed by atoms with Crippen LogP contribution in [0.3, 0.4) is 0 Å². The Labute approximate surface area is 104 Å². The smallest absolute Gasteiger partial charge is 0.161 e. The van der Waals surface area contributed by atoms with Crippen molar-refractivity contribution in [2.24, 2.45) is 0 Å². The van der Waals surface area contributed by atoms with Gasteiger partial charge in [0.05, 0.1) is 5.52 Å². The van der Waals surface area contributed by atoms with E-state index in [0.29, 0.717) is 11.5 Å². The number of rotatable bonds is 1. The summed E-state index contributed by atoms with van der Waals surface area (Å²) >= 11 is 0. The molecule has 1 aromatic heterocycles. The molecule has 0 unspecified atom stereocenters. The summed E-state index contributed by atoms with van der Waals surface area (Å²) in [7, 11) is 0. The van der Waals surface area contributed by atoms with Gasteiger partial charge in [-0.25, -0.2) is 9.97 Å². The van der Waals surface area contributed by atoms with E-state index in [1.807, 2.05) is 54.6 Å². The van der Waals surface area contributed by atoms with Crippen LogP contribution in [0.2, 0.25) is 0 Å². The molecule has 0 saturated heterocycles. The van der Waals surface area contributed by atoms with Gasteiger partial charge in [-0.3, -0.25) is 0 Å². The molecule has 0 aliphatic heterocycles. The summed E-state index contributed by atoms with van der Waals surface area (Å²) in [5.41, 5.74) is 2.13. The van der Waals surface area contributed by atoms with Crippen molar-refractivity contribution in [3.8, 4) is 17.5 Å². The highest BCUT2D eigenvalue weighted by Gasteiger charge is 2.07. The fourth-order valence-corrected chi connectivity index (χ4v) is 1.88. The lowest BCUT2D eigenvalue weighted by molar-refractivity contribution is 1.20. The molecule has 3 heteroatoms. The largest absolute Gasteiger partial charge is 0.228 e. The van der Waals surface area contributed by atoms with Crippen LogP contribution in [-0.2, 0) is 0 Å². The molecule has 0 bridgehead atoms. The third-order valence-electron chi connectivity index (χ3n) is 2.74. The van der Waals surface area contributed by atoms with Crippen LogP contribution >= 0.6 is 0 Å². The monoisotopic (exact) mass is 231 g/mol. The van der Waals surface area contributed by atoms with E-state index in [0.717, 1.165) is 16.5 Å². The molecular formula is C15H9N3. The maximum atomic E-state index is 9.17. The molecule has 2 aromatic carbocycles. The zero-order valence-corrected chi connectivity index (χ0v) is 9.54. The first-order valence-corrected chi connectivity index (χ1v) is 5.61. The van der Waals surface area contributed by atoms with Gasteiger partial charge in [-0.1, -0.05) is 42.5 Å². The van der Waals surface area contributed by atoms with Gasteiger partial charge in [-0.15, -0.1) is 0 Å². The Morgan fingerprint density at radius 2 is 1.56 bits per heavy atom. The van der Waals surface area contributed by atoms with Gasteiger partial charge < -0.3 is 0 Å². The highest BCUT2D eigenvalue weighted by molar-refractivity contribution is 5.84. The van der Waals surface area contributed by atoms with Gasteiger partial charge in [0, 0.05) is 10.9 Å². The highest BCUT2D eigenvalue weighted by atomic mass is 14.9. The van der Waals surface area contributed by atoms with Crippen molar-refractivity contribution in [2.75, 3.05) is 0 Å². The molecule has 1 heterocycles. The number of para-hydroxylation sites is 1. The normalized spacial score (nSPS) is 10.2. The number of hydrogen-bond acceptors (Lipinski definition) is 3. The zero-order chi connectivity index (χ0) is 12.4. The van der Waals surface area contributed by atoms with E-state index >= 15 is 0 Å². The fraction of sp³-hybridized carbons (Fsp3) is 0. The number of aromatic nitrogens is 2. The van der Waals surface area contributed by atoms with Crippen LogP contribution in [0.1, 0.15) is 5.69 Å². The Morgan fingerprint density at radius 3 is 2.33 bits per heavy atom. The standard InChI is InChI=1S/C15H9N3/c16-10-14-12-8-4-5-9-13(12)17-15(18-14)11-6-2-1-3-7-11/h1-9H. The van der Waals surface area contributed by atoms with Crippen LogP contribution in [0.5, 0.6) is 0 Å². The van der Waals surface area contributed by atoms with E-state index < -0.39 is 0 Å². The maximum absolute atomic E-state index is 9.17. The van der Waals surface area contributed by atoms with Crippen molar-refractivity contribution >= 4 is 10.9 Å². The number of benzene rings is 2. The average molecular weight is 231 g/mol. The Kier molecular flexibility index (Phi) is 2.47. The van der Waals surface area contributed by atoms with Crippen molar-refractivity contribution in [1.82, 2.24) is 9.97 Å². The first-order valence-electron chi connectivity index (χ1n) is 5.61. The van der Waals surface area contributed by atoms with Gasteiger partial charge in [0.25, 0.3) is 0 Å². The van der Waals surface area contributed by atoms with Crippen LogP contribution in [0.4, 0.5) is 0 Å². The second kappa shape index (κ2) is 4.27. The minimum absolute atomic E-state index is 0.416. The van der Waals surface area contributed by atoms with Crippen LogP contribution in [0, 0.1) is 11.3 Å². The van der Waals surface area contributed by atoms with Crippen molar-refractivity contribution in [1.29, 1.82) is 5.26 Å². The zero-order valence-electron chi connectivity index (χ0n) is 9.54. The predicted molar refractivity (Wildman–Crippen MR) is 69.7 cm³/mol. The number of nitrogens with zero attached hydrogens (tertiary/aromatic N) is 3. The second-order valence-electron chi connectivity index (χ2n) is 3.89. The van der Waals surface area contributed by atoms with Crippen molar-refractivity contribution in [3.05, 3.63) is 60.3 Å². The lowest BCUT2D eigenvalue weighted by atomic mass is 10.1. The molecule has 0 radical (unpaired) electrons. The third kappa shape index (κ3) is 1.70. The highest BCUT2D eigenvalue weighted by Crippen LogP contribution is 2.20. The Bertz CT molecular complexity index is 743. The molecule has 0 spiro atoms. The van der Waals surface area contributed by atoms with E-state index in [-0.39, 0.29) is 0 Å². The molecule has 0 aliphatic carbocycles. The molecule has 3 rings (SSSR count). The number of hydrogen-bond donors (Lipinski definition) is 0. The van der Waals surface area contributed by atoms with Gasteiger partial charge in [-0.2, -0.15) is 5.26 Å². The van der Waals surface area contributed by atoms with Crippen molar-refractivity contribution in [3.63, 3.8) is 0 Å². The van der Waals surface area contributed by atoms with Crippen molar-refractivity contribution in [2.45, 2.75) is 0 Å². The Morgan fingerprint density at radius 1 is 0.833 bits per heavy atom. The fourth-order valence-electron chi connectivity index (χ4n) is 1.88. The predicted octanol–water partition coefficient (Wildman–Crippen LogP) is 3.17. The molecule has 0 fully saturated rings. The molecule has 18 heavy (non-hydrogen) atoms. The first kappa shape index (κ1) is 10.4. The average Bonchev–Trinajstić information content (AvgIpc) is 2.47. The summed E-state index contributed by atoms with van der Waals surface area (Å²) in [6.45, 7) is 0. The van der Waals surface area contributed by atoms with Crippen LogP contribution in [0.25, 0.3) is 22.3 Å². The Hall–Kier alpha value is -2.73. The molecular weight excluding hydrogens is 222 g/mol. The molecule has 0 amide bonds. The van der Waals surface area contributed by atoms with E-state index in [1.165, 1.54) is 0 Å². The molecule has 0 saturated carbocycles. The SMILES string of the molecule is N#Cc1nc(-c2ccccc2)nc2ccccc12. The summed E-state index contributed by atoms with van der Waals surface area (Å²) in [6, 6.07) is 19.4. The van der Waals surface area contributed by atoms with Crippen LogP contribution in [-0.4, -0.2) is 9.97 Å². The van der Waals surface area contributed by atoms with Gasteiger partial charge in [0.1, 0.15) is 6.07 Å². The molecule has 0 aliphatic rings. The molecule has 0 N–H and O–H groups in total. The van der Waals surface area contributed by atoms with Gasteiger partial charge in [0.15, 0.2) is 11.5 Å². The van der Waals surface area contributed by atoms with Crippen molar-refractivity contribution < 1.29 is 0 Å². The van der Waals surface area contributed by atoms with E-state index in [2.05, 4.69) is 16.0 Å². The summed E-state index contributed by atoms with van der Waals surface area (Å²) in [6.07, 6.45) is 0. The molecule has 3 nitrogen and oxygen atoms in total. The van der Waals surface area contributed by atoms with Gasteiger partial charge in [0.2, 0.25) is 0 Å². The van der Waals surface area contributed by atoms with E-state index in [9.17, 15) is 0 Å². The molecule has 3 aromatic rings. The molecule has 84 valence electrons. The topological polar surface area (TPSA) is 49.6 Å². The first-order chi connectivity index (χ1) is 8.88. The summed E-state index contributed by atoms with van der Waals surface area (Å²) in [5.74, 6) is 0.589. The molecule has 0 atom stereocenters. The van der Waals surface area contributed by atoms with Crippen LogP contribution < -0.4 is 0 Å². The summed E-state index contributed by atoms with van der Waals surface area (Å²) in [4.78, 5) is 8.81. The quantitative estimate of drug-likeness (QED) is 0.646. The third-order valence-corrected chi connectivity index (χ3v) is 2.74. The second-order valence-corrected chi connectivity index (χ2v) is 3.89. The maximum Gasteiger partial charge on any atom is 0.161 e. The van der Waals surface area contributed by atoms with E-state index in [4.69, 9.17) is 5.26 Å². The Balaban J connectivity index is 2.30. The van der Waals surface area contributed by atoms with Gasteiger partial charge >= 0.3 is 0 Å².